The number of rotatable bonds is 7. The molecule has 0 amide bonds. The van der Waals surface area contributed by atoms with Crippen molar-refractivity contribution < 1.29 is 9.53 Å². The van der Waals surface area contributed by atoms with Gasteiger partial charge in [0.05, 0.1) is 29.5 Å². The summed E-state index contributed by atoms with van der Waals surface area (Å²) in [6.07, 6.45) is 3.16. The average Bonchev–Trinajstić information content (AvgIpc) is 2.88. The minimum absolute atomic E-state index is 0.142. The van der Waals surface area contributed by atoms with Crippen molar-refractivity contribution in [2.24, 2.45) is 0 Å². The number of anilines is 1. The van der Waals surface area contributed by atoms with E-state index in [0.29, 0.717) is 28.0 Å². The maximum atomic E-state index is 12.1. The Balaban J connectivity index is 2.38. The van der Waals surface area contributed by atoms with Crippen LogP contribution in [0.3, 0.4) is 0 Å². The van der Waals surface area contributed by atoms with Crippen LogP contribution >= 0.6 is 11.8 Å². The highest BCUT2D eigenvalue weighted by molar-refractivity contribution is 7.99. The molecule has 6 nitrogen and oxygen atoms in total. The molecule has 2 heterocycles. The lowest BCUT2D eigenvalue weighted by molar-refractivity contribution is 0.0550. The number of thioether (sulfide) groups is 1. The summed E-state index contributed by atoms with van der Waals surface area (Å²) in [5.74, 6) is 1.53. The average molecular weight is 320 g/mol. The van der Waals surface area contributed by atoms with E-state index in [2.05, 4.69) is 23.6 Å². The molecule has 2 rings (SSSR count). The lowest BCUT2D eigenvalue weighted by Crippen LogP contribution is -2.13. The first kappa shape index (κ1) is 16.4. The molecule has 7 heteroatoms. The number of ether oxygens (including phenoxy) is 1. The molecule has 0 unspecified atom stereocenters. The van der Waals surface area contributed by atoms with Gasteiger partial charge in [-0.1, -0.05) is 19.6 Å². The van der Waals surface area contributed by atoms with Crippen LogP contribution in [0.15, 0.2) is 18.9 Å². The molecule has 0 fully saturated rings. The van der Waals surface area contributed by atoms with Crippen molar-refractivity contribution in [1.29, 1.82) is 0 Å². The third-order valence-electron chi connectivity index (χ3n) is 3.19. The summed E-state index contributed by atoms with van der Waals surface area (Å²) >= 11 is 1.84. The summed E-state index contributed by atoms with van der Waals surface area (Å²) in [5, 5.41) is 5.00. The number of esters is 1. The molecule has 0 aliphatic carbocycles. The first-order chi connectivity index (χ1) is 10.6. The number of hydrogen-bond acceptors (Lipinski definition) is 6. The molecular weight excluding hydrogens is 300 g/mol. The summed E-state index contributed by atoms with van der Waals surface area (Å²) in [6, 6.07) is 0. The molecule has 118 valence electrons. The van der Waals surface area contributed by atoms with Crippen molar-refractivity contribution in [3.8, 4) is 0 Å². The molecule has 22 heavy (non-hydrogen) atoms. The Morgan fingerprint density at radius 1 is 1.59 bits per heavy atom. The van der Waals surface area contributed by atoms with Gasteiger partial charge < -0.3 is 10.5 Å². The number of hydrogen-bond donors (Lipinski definition) is 1. The molecule has 2 aromatic heterocycles. The van der Waals surface area contributed by atoms with E-state index in [1.165, 1.54) is 6.08 Å². The molecule has 0 spiro atoms. The van der Waals surface area contributed by atoms with E-state index in [1.54, 1.807) is 13.1 Å². The normalized spacial score (nSPS) is 10.8. The van der Waals surface area contributed by atoms with Gasteiger partial charge in [-0.15, -0.1) is 0 Å². The van der Waals surface area contributed by atoms with Gasteiger partial charge in [0, 0.05) is 5.75 Å². The molecule has 0 aromatic carbocycles. The zero-order valence-electron chi connectivity index (χ0n) is 12.8. The van der Waals surface area contributed by atoms with E-state index in [9.17, 15) is 4.79 Å². The summed E-state index contributed by atoms with van der Waals surface area (Å²) in [5.41, 5.74) is 8.05. The minimum Gasteiger partial charge on any atom is -0.458 e. The van der Waals surface area contributed by atoms with E-state index in [1.807, 2.05) is 16.4 Å². The maximum absolute atomic E-state index is 12.1. The Morgan fingerprint density at radius 2 is 2.36 bits per heavy atom. The predicted molar refractivity (Wildman–Crippen MR) is 90.2 cm³/mol. The Morgan fingerprint density at radius 3 is 3.05 bits per heavy atom. The Labute approximate surface area is 133 Å². The number of aromatic nitrogens is 3. The van der Waals surface area contributed by atoms with E-state index >= 15 is 0 Å². The number of nitrogen functional groups attached to an aromatic ring is 1. The molecule has 0 aliphatic heterocycles. The van der Waals surface area contributed by atoms with Crippen LogP contribution in [-0.2, 0) is 11.3 Å². The van der Waals surface area contributed by atoms with Crippen LogP contribution < -0.4 is 5.73 Å². The first-order valence-electron chi connectivity index (χ1n) is 7.07. The molecule has 0 saturated heterocycles. The highest BCUT2D eigenvalue weighted by Gasteiger charge is 2.20. The molecule has 0 atom stereocenters. The van der Waals surface area contributed by atoms with E-state index in [0.717, 1.165) is 18.1 Å². The van der Waals surface area contributed by atoms with Crippen LogP contribution in [-0.4, -0.2) is 38.8 Å². The lowest BCUT2D eigenvalue weighted by Gasteiger charge is -2.10. The smallest absolute Gasteiger partial charge is 0.342 e. The van der Waals surface area contributed by atoms with Crippen LogP contribution in [0, 0.1) is 6.92 Å². The third-order valence-corrected chi connectivity index (χ3v) is 4.07. The number of fused-ring (bicyclic) bond motifs is 1. The molecular formula is C15H20N4O2S. The molecule has 0 bridgehead atoms. The standard InChI is InChI=1S/C15H20N4O2S/c1-4-7-21-15(20)12-10(3)18-14-11(13(12)16)9-17-19(14)6-8-22-5-2/h4,9H,1,5-8H2,2-3H3,(H2,16,18). The van der Waals surface area contributed by atoms with E-state index < -0.39 is 5.97 Å². The fraction of sp³-hybridized carbons (Fsp3) is 0.400. The number of pyridine rings is 1. The monoisotopic (exact) mass is 320 g/mol. The van der Waals surface area contributed by atoms with Gasteiger partial charge in [-0.3, -0.25) is 0 Å². The number of nitrogens with zero attached hydrogens (tertiary/aromatic N) is 3. The van der Waals surface area contributed by atoms with Crippen molar-refractivity contribution in [2.45, 2.75) is 20.4 Å². The molecule has 2 N–H and O–H groups in total. The highest BCUT2D eigenvalue weighted by Crippen LogP contribution is 2.26. The highest BCUT2D eigenvalue weighted by atomic mass is 32.2. The van der Waals surface area contributed by atoms with Crippen molar-refractivity contribution in [3.63, 3.8) is 0 Å². The fourth-order valence-corrected chi connectivity index (χ4v) is 2.75. The summed E-state index contributed by atoms with van der Waals surface area (Å²) in [6.45, 7) is 8.29. The van der Waals surface area contributed by atoms with Crippen molar-refractivity contribution in [2.75, 3.05) is 23.8 Å². The third kappa shape index (κ3) is 3.24. The Hall–Kier alpha value is -2.02. The van der Waals surface area contributed by atoms with Gasteiger partial charge in [0.1, 0.15) is 12.2 Å². The minimum atomic E-state index is -0.487. The second-order valence-corrected chi connectivity index (χ2v) is 6.07. The number of nitrogens with two attached hydrogens (primary N) is 1. The van der Waals surface area contributed by atoms with Crippen molar-refractivity contribution in [1.82, 2.24) is 14.8 Å². The van der Waals surface area contributed by atoms with E-state index in [-0.39, 0.29) is 6.61 Å². The molecule has 0 radical (unpaired) electrons. The zero-order chi connectivity index (χ0) is 16.1. The van der Waals surface area contributed by atoms with Gasteiger partial charge >= 0.3 is 5.97 Å². The van der Waals surface area contributed by atoms with E-state index in [4.69, 9.17) is 10.5 Å². The lowest BCUT2D eigenvalue weighted by atomic mass is 10.1. The SMILES string of the molecule is C=CCOC(=O)c1c(C)nc2c(cnn2CCSCC)c1N. The van der Waals surface area contributed by atoms with Gasteiger partial charge in [-0.2, -0.15) is 16.9 Å². The van der Waals surface area contributed by atoms with Gasteiger partial charge in [-0.25, -0.2) is 14.5 Å². The Bertz CT molecular complexity index is 696. The van der Waals surface area contributed by atoms with Gasteiger partial charge in [0.2, 0.25) is 0 Å². The van der Waals surface area contributed by atoms with Crippen LogP contribution in [0.4, 0.5) is 5.69 Å². The fourth-order valence-electron chi connectivity index (χ4n) is 2.15. The van der Waals surface area contributed by atoms with Gasteiger partial charge in [0.25, 0.3) is 0 Å². The van der Waals surface area contributed by atoms with Gasteiger partial charge in [0.15, 0.2) is 5.65 Å². The first-order valence-corrected chi connectivity index (χ1v) is 8.23. The number of carbonyl (C=O) groups excluding carboxylic acids is 1. The van der Waals surface area contributed by atoms with Crippen molar-refractivity contribution in [3.05, 3.63) is 30.1 Å². The second kappa shape index (κ2) is 7.31. The van der Waals surface area contributed by atoms with Crippen molar-refractivity contribution >= 4 is 34.5 Å². The molecule has 0 saturated carbocycles. The molecule has 0 aliphatic rings. The van der Waals surface area contributed by atoms with Crippen LogP contribution in [0.5, 0.6) is 0 Å². The second-order valence-electron chi connectivity index (χ2n) is 4.67. The zero-order valence-corrected chi connectivity index (χ0v) is 13.7. The van der Waals surface area contributed by atoms with Crippen LogP contribution in [0.1, 0.15) is 23.0 Å². The summed E-state index contributed by atoms with van der Waals surface area (Å²) < 4.78 is 6.89. The quantitative estimate of drug-likeness (QED) is 0.479. The topological polar surface area (TPSA) is 83.0 Å². The summed E-state index contributed by atoms with van der Waals surface area (Å²) in [7, 11) is 0. The number of aryl methyl sites for hydroxylation is 2. The Kier molecular flexibility index (Phi) is 5.43. The predicted octanol–water partition coefficient (Wildman–Crippen LogP) is 2.42. The van der Waals surface area contributed by atoms with Gasteiger partial charge in [-0.05, 0) is 12.7 Å². The number of carbonyl (C=O) groups is 1. The van der Waals surface area contributed by atoms with Crippen LogP contribution in [0.2, 0.25) is 0 Å². The van der Waals surface area contributed by atoms with Crippen LogP contribution in [0.25, 0.3) is 11.0 Å². The summed E-state index contributed by atoms with van der Waals surface area (Å²) in [4.78, 5) is 16.6. The molecule has 2 aromatic rings. The maximum Gasteiger partial charge on any atom is 0.342 e. The largest absolute Gasteiger partial charge is 0.458 e.